The lowest BCUT2D eigenvalue weighted by molar-refractivity contribution is 0.669. The Labute approximate surface area is 156 Å². The number of rotatable bonds is 0. The van der Waals surface area contributed by atoms with Gasteiger partial charge < -0.3 is 4.42 Å². The molecule has 0 fully saturated rings. The smallest absolute Gasteiger partial charge is 0.136 e. The summed E-state index contributed by atoms with van der Waals surface area (Å²) in [6.07, 6.45) is 0. The monoisotopic (exact) mass is 346 g/mol. The molecule has 1 aromatic heterocycles. The molecular formula is C26H18O. The van der Waals surface area contributed by atoms with Crippen LogP contribution in [0, 0.1) is 13.8 Å². The molecule has 1 nitrogen and oxygen atoms in total. The van der Waals surface area contributed by atoms with Crippen molar-refractivity contribution in [1.82, 2.24) is 0 Å². The van der Waals surface area contributed by atoms with Gasteiger partial charge in [-0.05, 0) is 81.6 Å². The first-order chi connectivity index (χ1) is 13.2. The highest BCUT2D eigenvalue weighted by atomic mass is 16.3. The second kappa shape index (κ2) is 5.11. The van der Waals surface area contributed by atoms with E-state index in [0.717, 1.165) is 11.2 Å². The van der Waals surface area contributed by atoms with Gasteiger partial charge in [-0.3, -0.25) is 0 Å². The Bertz CT molecular complexity index is 1530. The lowest BCUT2D eigenvalue weighted by atomic mass is 9.93. The van der Waals surface area contributed by atoms with Crippen LogP contribution in [0.25, 0.3) is 54.3 Å². The second-order valence-corrected chi connectivity index (χ2v) is 7.52. The molecule has 0 amide bonds. The minimum absolute atomic E-state index is 0.961. The average Bonchev–Trinajstić information content (AvgIpc) is 3.03. The van der Waals surface area contributed by atoms with Crippen molar-refractivity contribution in [3.8, 4) is 0 Å². The topological polar surface area (TPSA) is 13.1 Å². The first kappa shape index (κ1) is 14.8. The molecule has 5 aromatic carbocycles. The van der Waals surface area contributed by atoms with E-state index in [0.29, 0.717) is 0 Å². The highest BCUT2D eigenvalue weighted by Gasteiger charge is 2.14. The Hall–Kier alpha value is -3.32. The molecule has 6 aromatic rings. The van der Waals surface area contributed by atoms with E-state index in [1.54, 1.807) is 0 Å². The van der Waals surface area contributed by atoms with Crippen LogP contribution < -0.4 is 0 Å². The molecule has 0 aliphatic carbocycles. The van der Waals surface area contributed by atoms with Crippen molar-refractivity contribution in [1.29, 1.82) is 0 Å². The van der Waals surface area contributed by atoms with Crippen LogP contribution in [0.15, 0.2) is 77.2 Å². The molecule has 0 saturated heterocycles. The molecule has 0 aliphatic heterocycles. The van der Waals surface area contributed by atoms with Gasteiger partial charge in [0.15, 0.2) is 0 Å². The zero-order valence-electron chi connectivity index (χ0n) is 15.3. The van der Waals surface area contributed by atoms with E-state index in [-0.39, 0.29) is 0 Å². The molecule has 6 rings (SSSR count). The molecule has 1 heterocycles. The Kier molecular flexibility index (Phi) is 2.80. The summed E-state index contributed by atoms with van der Waals surface area (Å²) in [4.78, 5) is 0. The van der Waals surface area contributed by atoms with Gasteiger partial charge in [0.1, 0.15) is 11.2 Å². The Morgan fingerprint density at radius 3 is 1.52 bits per heavy atom. The summed E-state index contributed by atoms with van der Waals surface area (Å²) in [5.74, 6) is 0. The van der Waals surface area contributed by atoms with E-state index in [2.05, 4.69) is 86.6 Å². The summed E-state index contributed by atoms with van der Waals surface area (Å²) >= 11 is 0. The van der Waals surface area contributed by atoms with E-state index < -0.39 is 0 Å². The van der Waals surface area contributed by atoms with Crippen LogP contribution in [0.5, 0.6) is 0 Å². The van der Waals surface area contributed by atoms with Crippen molar-refractivity contribution in [3.05, 3.63) is 83.9 Å². The van der Waals surface area contributed by atoms with Gasteiger partial charge in [-0.15, -0.1) is 0 Å². The Balaban J connectivity index is 1.91. The highest BCUT2D eigenvalue weighted by molar-refractivity contribution is 6.28. The maximum atomic E-state index is 6.26. The standard InChI is InChI=1S/C26H18O/c1-15-11-23-24-13-21-19-9-5-3-7-17(19)18-8-4-6-10-20(18)22(21)14-26(24)27-25(23)12-16(15)2/h3-14H,1-2H3. The van der Waals surface area contributed by atoms with Crippen LogP contribution >= 0.6 is 0 Å². The van der Waals surface area contributed by atoms with Crippen molar-refractivity contribution >= 4 is 54.3 Å². The molecule has 128 valence electrons. The quantitative estimate of drug-likeness (QED) is 0.257. The van der Waals surface area contributed by atoms with Gasteiger partial charge in [0.2, 0.25) is 0 Å². The molecule has 1 heteroatoms. The van der Waals surface area contributed by atoms with Gasteiger partial charge in [-0.1, -0.05) is 48.5 Å². The molecule has 27 heavy (non-hydrogen) atoms. The predicted octanol–water partition coefficient (Wildman–Crippen LogP) is 7.66. The van der Waals surface area contributed by atoms with E-state index in [1.165, 1.54) is 54.2 Å². The van der Waals surface area contributed by atoms with E-state index in [4.69, 9.17) is 4.42 Å². The number of fused-ring (bicyclic) bond motifs is 9. The second-order valence-electron chi connectivity index (χ2n) is 7.52. The van der Waals surface area contributed by atoms with Gasteiger partial charge in [0, 0.05) is 10.8 Å². The third-order valence-electron chi connectivity index (χ3n) is 5.95. The molecular weight excluding hydrogens is 328 g/mol. The van der Waals surface area contributed by atoms with Crippen molar-refractivity contribution in [3.63, 3.8) is 0 Å². The maximum absolute atomic E-state index is 6.26. The van der Waals surface area contributed by atoms with Crippen LogP contribution in [0.4, 0.5) is 0 Å². The molecule has 0 radical (unpaired) electrons. The van der Waals surface area contributed by atoms with Crippen molar-refractivity contribution < 1.29 is 4.42 Å². The molecule has 0 bridgehead atoms. The predicted molar refractivity (Wildman–Crippen MR) is 116 cm³/mol. The summed E-state index contributed by atoms with van der Waals surface area (Å²) < 4.78 is 6.26. The fourth-order valence-corrected chi connectivity index (χ4v) is 4.43. The van der Waals surface area contributed by atoms with Crippen LogP contribution in [0.2, 0.25) is 0 Å². The van der Waals surface area contributed by atoms with Gasteiger partial charge in [0.25, 0.3) is 0 Å². The largest absolute Gasteiger partial charge is 0.456 e. The minimum atomic E-state index is 0.961. The van der Waals surface area contributed by atoms with Gasteiger partial charge in [0.05, 0.1) is 0 Å². The van der Waals surface area contributed by atoms with E-state index >= 15 is 0 Å². The lowest BCUT2D eigenvalue weighted by Crippen LogP contribution is -1.83. The van der Waals surface area contributed by atoms with Gasteiger partial charge >= 0.3 is 0 Å². The first-order valence-electron chi connectivity index (χ1n) is 9.37. The van der Waals surface area contributed by atoms with Crippen LogP contribution in [-0.2, 0) is 0 Å². The SMILES string of the molecule is Cc1cc2oc3cc4c5ccccc5c5ccccc5c4cc3c2cc1C. The Morgan fingerprint density at radius 1 is 0.444 bits per heavy atom. The highest BCUT2D eigenvalue weighted by Crippen LogP contribution is 2.40. The third kappa shape index (κ3) is 1.94. The number of hydrogen-bond donors (Lipinski definition) is 0. The summed E-state index contributed by atoms with van der Waals surface area (Å²) in [5.41, 5.74) is 4.50. The third-order valence-corrected chi connectivity index (χ3v) is 5.95. The number of hydrogen-bond acceptors (Lipinski definition) is 1. The number of benzene rings is 5. The van der Waals surface area contributed by atoms with Crippen molar-refractivity contribution in [2.75, 3.05) is 0 Å². The molecule has 0 spiro atoms. The molecule has 0 unspecified atom stereocenters. The molecule has 0 saturated carbocycles. The lowest BCUT2D eigenvalue weighted by Gasteiger charge is -2.10. The van der Waals surface area contributed by atoms with Gasteiger partial charge in [-0.25, -0.2) is 0 Å². The Morgan fingerprint density at radius 2 is 0.889 bits per heavy atom. The average molecular weight is 346 g/mol. The fourth-order valence-electron chi connectivity index (χ4n) is 4.43. The number of aryl methyl sites for hydroxylation is 2. The van der Waals surface area contributed by atoms with Crippen LogP contribution in [-0.4, -0.2) is 0 Å². The normalized spacial score (nSPS) is 12.1. The van der Waals surface area contributed by atoms with Crippen LogP contribution in [0.1, 0.15) is 11.1 Å². The van der Waals surface area contributed by atoms with E-state index in [1.807, 2.05) is 0 Å². The van der Waals surface area contributed by atoms with Crippen LogP contribution in [0.3, 0.4) is 0 Å². The first-order valence-corrected chi connectivity index (χ1v) is 9.37. The summed E-state index contributed by atoms with van der Waals surface area (Å²) in [6, 6.07) is 26.3. The zero-order valence-corrected chi connectivity index (χ0v) is 15.3. The summed E-state index contributed by atoms with van der Waals surface area (Å²) in [7, 11) is 0. The molecule has 0 N–H and O–H groups in total. The van der Waals surface area contributed by atoms with Crippen molar-refractivity contribution in [2.24, 2.45) is 0 Å². The van der Waals surface area contributed by atoms with Gasteiger partial charge in [-0.2, -0.15) is 0 Å². The minimum Gasteiger partial charge on any atom is -0.456 e. The molecule has 0 aliphatic rings. The maximum Gasteiger partial charge on any atom is 0.136 e. The number of furan rings is 1. The zero-order chi connectivity index (χ0) is 18.1. The fraction of sp³-hybridized carbons (Fsp3) is 0.0769. The van der Waals surface area contributed by atoms with E-state index in [9.17, 15) is 0 Å². The summed E-state index contributed by atoms with van der Waals surface area (Å²) in [5, 5.41) is 10.1. The summed E-state index contributed by atoms with van der Waals surface area (Å²) in [6.45, 7) is 4.30. The van der Waals surface area contributed by atoms with Crippen molar-refractivity contribution in [2.45, 2.75) is 13.8 Å². The molecule has 0 atom stereocenters.